The van der Waals surface area contributed by atoms with Crippen LogP contribution in [-0.2, 0) is 9.59 Å². The Morgan fingerprint density at radius 2 is 1.63 bits per heavy atom. The average molecular weight is 383 g/mol. The van der Waals surface area contributed by atoms with Gasteiger partial charge in [0, 0.05) is 44.8 Å². The Balaban J connectivity index is 1.35. The number of hydrogen-bond donors (Lipinski definition) is 0. The van der Waals surface area contributed by atoms with Gasteiger partial charge in [0.2, 0.25) is 11.8 Å². The number of para-hydroxylation sites is 1. The number of nitrogens with zero attached hydrogens (tertiary/aromatic N) is 3. The van der Waals surface area contributed by atoms with Crippen LogP contribution in [0.4, 0.5) is 5.69 Å². The second-order valence-corrected chi connectivity index (χ2v) is 7.78. The summed E-state index contributed by atoms with van der Waals surface area (Å²) < 4.78 is 0. The van der Waals surface area contributed by atoms with Crippen molar-refractivity contribution in [3.05, 3.63) is 52.7 Å². The zero-order valence-corrected chi connectivity index (χ0v) is 15.7. The Morgan fingerprint density at radius 1 is 0.926 bits per heavy atom. The summed E-state index contributed by atoms with van der Waals surface area (Å²) in [5.74, 6) is -0.267. The molecule has 0 N–H and O–H groups in total. The van der Waals surface area contributed by atoms with Gasteiger partial charge in [-0.15, -0.1) is 11.3 Å². The van der Waals surface area contributed by atoms with Gasteiger partial charge in [0.25, 0.3) is 5.91 Å². The highest BCUT2D eigenvalue weighted by Crippen LogP contribution is 2.26. The first kappa shape index (κ1) is 17.7. The molecule has 2 fully saturated rings. The largest absolute Gasteiger partial charge is 0.339 e. The van der Waals surface area contributed by atoms with E-state index in [4.69, 9.17) is 0 Å². The molecule has 0 aliphatic carbocycles. The molecule has 7 heteroatoms. The highest BCUT2D eigenvalue weighted by molar-refractivity contribution is 7.12. The van der Waals surface area contributed by atoms with E-state index in [0.717, 1.165) is 10.6 Å². The molecule has 2 aliphatic rings. The number of anilines is 1. The fourth-order valence-corrected chi connectivity index (χ4v) is 4.37. The van der Waals surface area contributed by atoms with Crippen LogP contribution in [0, 0.1) is 5.92 Å². The monoisotopic (exact) mass is 383 g/mol. The Bertz CT molecular complexity index is 829. The lowest BCUT2D eigenvalue weighted by atomic mass is 10.1. The lowest BCUT2D eigenvalue weighted by Gasteiger charge is -2.35. The first-order chi connectivity index (χ1) is 13.1. The quantitative estimate of drug-likeness (QED) is 0.815. The van der Waals surface area contributed by atoms with Gasteiger partial charge in [0.1, 0.15) is 0 Å². The van der Waals surface area contributed by atoms with Crippen molar-refractivity contribution in [1.29, 1.82) is 0 Å². The molecule has 0 bridgehead atoms. The first-order valence-corrected chi connectivity index (χ1v) is 9.98. The Kier molecular flexibility index (Phi) is 4.94. The molecule has 0 spiro atoms. The molecule has 1 atom stereocenters. The Morgan fingerprint density at radius 3 is 2.30 bits per heavy atom. The summed E-state index contributed by atoms with van der Waals surface area (Å²) in [5.41, 5.74) is 0.837. The summed E-state index contributed by atoms with van der Waals surface area (Å²) >= 11 is 1.44. The van der Waals surface area contributed by atoms with Crippen LogP contribution in [-0.4, -0.2) is 60.2 Å². The van der Waals surface area contributed by atoms with Gasteiger partial charge in [0.15, 0.2) is 0 Å². The van der Waals surface area contributed by atoms with Crippen LogP contribution in [0.15, 0.2) is 47.8 Å². The minimum absolute atomic E-state index is 0.00828. The second-order valence-electron chi connectivity index (χ2n) is 6.84. The molecule has 2 aliphatic heterocycles. The minimum atomic E-state index is -0.308. The summed E-state index contributed by atoms with van der Waals surface area (Å²) in [6.07, 6.45) is 0.252. The van der Waals surface area contributed by atoms with Crippen molar-refractivity contribution in [2.24, 2.45) is 5.92 Å². The molecule has 4 rings (SSSR count). The fourth-order valence-electron chi connectivity index (χ4n) is 3.67. The molecule has 0 saturated carbocycles. The zero-order valence-electron chi connectivity index (χ0n) is 14.9. The third-order valence-electron chi connectivity index (χ3n) is 5.15. The Labute approximate surface area is 162 Å². The van der Waals surface area contributed by atoms with Crippen molar-refractivity contribution in [1.82, 2.24) is 9.80 Å². The van der Waals surface area contributed by atoms with E-state index in [1.807, 2.05) is 47.8 Å². The normalized spacial score (nSPS) is 20.2. The third kappa shape index (κ3) is 3.60. The van der Waals surface area contributed by atoms with Gasteiger partial charge in [0.05, 0.1) is 10.8 Å². The van der Waals surface area contributed by atoms with Crippen LogP contribution in [0.2, 0.25) is 0 Å². The number of rotatable bonds is 3. The van der Waals surface area contributed by atoms with Crippen molar-refractivity contribution < 1.29 is 14.4 Å². The van der Waals surface area contributed by atoms with Crippen LogP contribution in [0.3, 0.4) is 0 Å². The van der Waals surface area contributed by atoms with Crippen molar-refractivity contribution >= 4 is 34.7 Å². The van der Waals surface area contributed by atoms with Gasteiger partial charge in [-0.2, -0.15) is 0 Å². The smallest absolute Gasteiger partial charge is 0.264 e. The van der Waals surface area contributed by atoms with E-state index in [1.165, 1.54) is 11.3 Å². The Hall–Kier alpha value is -2.67. The van der Waals surface area contributed by atoms with Gasteiger partial charge < -0.3 is 14.7 Å². The van der Waals surface area contributed by atoms with E-state index in [-0.39, 0.29) is 30.1 Å². The summed E-state index contributed by atoms with van der Waals surface area (Å²) in [5, 5.41) is 1.89. The maximum Gasteiger partial charge on any atom is 0.264 e. The first-order valence-electron chi connectivity index (χ1n) is 9.10. The molecule has 1 aromatic carbocycles. The second kappa shape index (κ2) is 7.52. The topological polar surface area (TPSA) is 60.9 Å². The lowest BCUT2D eigenvalue weighted by Crippen LogP contribution is -2.52. The van der Waals surface area contributed by atoms with Gasteiger partial charge in [-0.25, -0.2) is 0 Å². The molecule has 2 saturated heterocycles. The van der Waals surface area contributed by atoms with Crippen molar-refractivity contribution in [2.45, 2.75) is 6.42 Å². The predicted molar refractivity (Wildman–Crippen MR) is 104 cm³/mol. The summed E-state index contributed by atoms with van der Waals surface area (Å²) in [6.45, 7) is 2.53. The van der Waals surface area contributed by atoms with E-state index in [0.29, 0.717) is 32.7 Å². The summed E-state index contributed by atoms with van der Waals surface area (Å²) in [4.78, 5) is 43.7. The maximum absolute atomic E-state index is 12.9. The molecule has 0 radical (unpaired) electrons. The predicted octanol–water partition coefficient (Wildman–Crippen LogP) is 2.09. The molecule has 140 valence electrons. The van der Waals surface area contributed by atoms with E-state index < -0.39 is 0 Å². The third-order valence-corrected chi connectivity index (χ3v) is 6.01. The molecule has 3 heterocycles. The number of piperazine rings is 1. The van der Waals surface area contributed by atoms with Gasteiger partial charge in [-0.1, -0.05) is 24.3 Å². The van der Waals surface area contributed by atoms with Crippen LogP contribution >= 0.6 is 11.3 Å². The number of carbonyl (C=O) groups excluding carboxylic acids is 3. The molecule has 27 heavy (non-hydrogen) atoms. The molecular formula is C20H21N3O3S. The van der Waals surface area contributed by atoms with Gasteiger partial charge in [-0.3, -0.25) is 14.4 Å². The van der Waals surface area contributed by atoms with E-state index in [9.17, 15) is 14.4 Å². The van der Waals surface area contributed by atoms with Crippen LogP contribution in [0.1, 0.15) is 16.1 Å². The highest BCUT2D eigenvalue weighted by atomic mass is 32.1. The SMILES string of the molecule is O=C(c1cccs1)N1CCN(C(=O)[C@@H]2CC(=O)N(c3ccccc3)C2)CC1. The molecular weight excluding hydrogens is 362 g/mol. The van der Waals surface area contributed by atoms with Crippen molar-refractivity contribution in [3.63, 3.8) is 0 Å². The van der Waals surface area contributed by atoms with Gasteiger partial charge >= 0.3 is 0 Å². The summed E-state index contributed by atoms with van der Waals surface area (Å²) in [7, 11) is 0. The minimum Gasteiger partial charge on any atom is -0.339 e. The molecule has 1 aromatic heterocycles. The van der Waals surface area contributed by atoms with Crippen LogP contribution in [0.25, 0.3) is 0 Å². The number of benzene rings is 1. The van der Waals surface area contributed by atoms with E-state index >= 15 is 0 Å². The number of amides is 3. The number of hydrogen-bond acceptors (Lipinski definition) is 4. The van der Waals surface area contributed by atoms with E-state index in [1.54, 1.807) is 14.7 Å². The average Bonchev–Trinajstić information content (AvgIpc) is 3.38. The maximum atomic E-state index is 12.9. The van der Waals surface area contributed by atoms with Crippen LogP contribution in [0.5, 0.6) is 0 Å². The molecule has 0 unspecified atom stereocenters. The van der Waals surface area contributed by atoms with Crippen molar-refractivity contribution in [2.75, 3.05) is 37.6 Å². The van der Waals surface area contributed by atoms with Gasteiger partial charge in [-0.05, 0) is 23.6 Å². The zero-order chi connectivity index (χ0) is 18.8. The number of thiophene rings is 1. The van der Waals surface area contributed by atoms with Crippen LogP contribution < -0.4 is 4.90 Å². The molecule has 2 aromatic rings. The van der Waals surface area contributed by atoms with E-state index in [2.05, 4.69) is 0 Å². The lowest BCUT2D eigenvalue weighted by molar-refractivity contribution is -0.137. The van der Waals surface area contributed by atoms with Crippen molar-refractivity contribution in [3.8, 4) is 0 Å². The fraction of sp³-hybridized carbons (Fsp3) is 0.350. The number of carbonyl (C=O) groups is 3. The summed E-state index contributed by atoms with van der Waals surface area (Å²) in [6, 6.07) is 13.2. The molecule has 3 amide bonds. The highest BCUT2D eigenvalue weighted by Gasteiger charge is 2.38. The molecule has 6 nitrogen and oxygen atoms in total. The standard InChI is InChI=1S/C20H21N3O3S/c24-18-13-15(14-23(18)16-5-2-1-3-6-16)19(25)21-8-10-22(11-9-21)20(26)17-7-4-12-27-17/h1-7,12,15H,8-11,13-14H2/t15-/m1/s1.